The van der Waals surface area contributed by atoms with Gasteiger partial charge in [-0.25, -0.2) is 4.39 Å². The summed E-state index contributed by atoms with van der Waals surface area (Å²) in [6, 6.07) is 5.16. The molecule has 16 heavy (non-hydrogen) atoms. The highest BCUT2D eigenvalue weighted by molar-refractivity contribution is 5.74. The summed E-state index contributed by atoms with van der Waals surface area (Å²) in [5.74, 6) is -0.308. The fraction of sp³-hybridized carbons (Fsp3) is 0.364. The van der Waals surface area contributed by atoms with Gasteiger partial charge in [0, 0.05) is 18.7 Å². The number of aromatic nitrogens is 1. The lowest BCUT2D eigenvalue weighted by molar-refractivity contribution is 0.589. The number of hydrogen-bond acceptors (Lipinski definition) is 4. The highest BCUT2D eigenvalue weighted by atomic mass is 19.1. The molecule has 2 aromatic rings. The molecule has 0 saturated carbocycles. The zero-order valence-electron chi connectivity index (χ0n) is 8.66. The number of halogens is 1. The lowest BCUT2D eigenvalue weighted by atomic mass is 10.3. The average molecular weight is 221 g/mol. The van der Waals surface area contributed by atoms with E-state index in [1.807, 2.05) is 0 Å². The Labute approximate surface area is 91.8 Å². The molecule has 84 valence electrons. The third kappa shape index (κ3) is 1.74. The molecule has 3 rings (SSSR count). The maximum Gasteiger partial charge on any atom is 0.295 e. The monoisotopic (exact) mass is 221 g/mol. The third-order valence-electron chi connectivity index (χ3n) is 2.74. The van der Waals surface area contributed by atoms with E-state index in [1.165, 1.54) is 12.1 Å². The van der Waals surface area contributed by atoms with E-state index in [4.69, 9.17) is 4.42 Å². The number of hydrogen-bond donors (Lipinski definition) is 2. The van der Waals surface area contributed by atoms with Gasteiger partial charge >= 0.3 is 0 Å². The molecule has 1 fully saturated rings. The first-order valence-electron chi connectivity index (χ1n) is 5.34. The summed E-state index contributed by atoms with van der Waals surface area (Å²) >= 11 is 0. The van der Waals surface area contributed by atoms with Crippen molar-refractivity contribution in [2.75, 3.05) is 18.4 Å². The van der Waals surface area contributed by atoms with Crippen LogP contribution in [0, 0.1) is 5.82 Å². The molecule has 0 bridgehead atoms. The van der Waals surface area contributed by atoms with Crippen LogP contribution in [0.5, 0.6) is 0 Å². The van der Waals surface area contributed by atoms with Crippen molar-refractivity contribution < 1.29 is 8.81 Å². The van der Waals surface area contributed by atoms with Gasteiger partial charge in [0.15, 0.2) is 5.58 Å². The summed E-state index contributed by atoms with van der Waals surface area (Å²) < 4.78 is 18.4. The van der Waals surface area contributed by atoms with E-state index in [0.29, 0.717) is 23.2 Å². The average Bonchev–Trinajstić information content (AvgIpc) is 2.86. The van der Waals surface area contributed by atoms with Crippen LogP contribution in [0.4, 0.5) is 10.4 Å². The summed E-state index contributed by atoms with van der Waals surface area (Å²) in [7, 11) is 0. The summed E-state index contributed by atoms with van der Waals surface area (Å²) in [6.45, 7) is 1.92. The van der Waals surface area contributed by atoms with Gasteiger partial charge in [-0.05, 0) is 25.1 Å². The van der Waals surface area contributed by atoms with Crippen LogP contribution in [0.15, 0.2) is 22.6 Å². The van der Waals surface area contributed by atoms with Gasteiger partial charge in [0.05, 0.1) is 0 Å². The number of nitrogens with one attached hydrogen (secondary N) is 2. The highest BCUT2D eigenvalue weighted by Gasteiger charge is 2.16. The van der Waals surface area contributed by atoms with Gasteiger partial charge in [-0.2, -0.15) is 4.98 Å². The van der Waals surface area contributed by atoms with Crippen LogP contribution in [0.1, 0.15) is 6.42 Å². The molecule has 1 aliphatic heterocycles. The molecule has 0 radical (unpaired) electrons. The molecule has 2 N–H and O–H groups in total. The molecular formula is C11H12FN3O. The van der Waals surface area contributed by atoms with Crippen molar-refractivity contribution in [3.05, 3.63) is 24.0 Å². The Balaban J connectivity index is 1.86. The van der Waals surface area contributed by atoms with Gasteiger partial charge in [-0.1, -0.05) is 0 Å². The van der Waals surface area contributed by atoms with Crippen LogP contribution in [-0.4, -0.2) is 24.1 Å². The first-order valence-corrected chi connectivity index (χ1v) is 5.34. The van der Waals surface area contributed by atoms with Crippen molar-refractivity contribution >= 4 is 17.1 Å². The molecule has 5 heteroatoms. The number of nitrogens with zero attached hydrogens (tertiary/aromatic N) is 1. The number of anilines is 1. The minimum Gasteiger partial charge on any atom is -0.423 e. The van der Waals surface area contributed by atoms with Crippen LogP contribution >= 0.6 is 0 Å². The molecule has 1 aromatic heterocycles. The number of rotatable bonds is 2. The molecule has 1 aromatic carbocycles. The molecule has 1 atom stereocenters. The van der Waals surface area contributed by atoms with Gasteiger partial charge < -0.3 is 15.1 Å². The molecule has 1 unspecified atom stereocenters. The minimum absolute atomic E-state index is 0.308. The second-order valence-electron chi connectivity index (χ2n) is 3.97. The van der Waals surface area contributed by atoms with Gasteiger partial charge in [-0.15, -0.1) is 0 Å². The van der Waals surface area contributed by atoms with E-state index >= 15 is 0 Å². The van der Waals surface area contributed by atoms with E-state index in [9.17, 15) is 4.39 Å². The van der Waals surface area contributed by atoms with Gasteiger partial charge in [0.25, 0.3) is 6.01 Å². The van der Waals surface area contributed by atoms with Gasteiger partial charge in [-0.3, -0.25) is 0 Å². The molecular weight excluding hydrogens is 209 g/mol. The summed E-state index contributed by atoms with van der Waals surface area (Å²) in [6.07, 6.45) is 1.05. The topological polar surface area (TPSA) is 50.1 Å². The normalized spacial score (nSPS) is 20.4. The van der Waals surface area contributed by atoms with Crippen LogP contribution < -0.4 is 10.6 Å². The number of benzene rings is 1. The second-order valence-corrected chi connectivity index (χ2v) is 3.97. The lowest BCUT2D eigenvalue weighted by Gasteiger charge is -2.07. The minimum atomic E-state index is -0.308. The SMILES string of the molecule is Fc1ccc2nc(NC3CCNC3)oc2c1. The van der Waals surface area contributed by atoms with Crippen molar-refractivity contribution in [3.63, 3.8) is 0 Å². The maximum absolute atomic E-state index is 12.9. The quantitative estimate of drug-likeness (QED) is 0.811. The zero-order chi connectivity index (χ0) is 11.0. The second kappa shape index (κ2) is 3.75. The van der Waals surface area contributed by atoms with E-state index in [0.717, 1.165) is 19.5 Å². The van der Waals surface area contributed by atoms with Crippen LogP contribution in [-0.2, 0) is 0 Å². The molecule has 0 spiro atoms. The number of oxazole rings is 1. The van der Waals surface area contributed by atoms with Crippen molar-refractivity contribution in [1.29, 1.82) is 0 Å². The van der Waals surface area contributed by atoms with E-state index < -0.39 is 0 Å². The third-order valence-corrected chi connectivity index (χ3v) is 2.74. The van der Waals surface area contributed by atoms with Crippen LogP contribution in [0.25, 0.3) is 11.1 Å². The van der Waals surface area contributed by atoms with Crippen molar-refractivity contribution in [3.8, 4) is 0 Å². The Morgan fingerprint density at radius 1 is 1.50 bits per heavy atom. The molecule has 1 saturated heterocycles. The first-order chi connectivity index (χ1) is 7.81. The summed E-state index contributed by atoms with van der Waals surface area (Å²) in [5, 5.41) is 6.43. The van der Waals surface area contributed by atoms with Gasteiger partial charge in [0.2, 0.25) is 0 Å². The standard InChI is InChI=1S/C11H12FN3O/c12-7-1-2-9-10(5-7)16-11(15-9)14-8-3-4-13-6-8/h1-2,5,8,13H,3-4,6H2,(H,14,15). The Hall–Kier alpha value is -1.62. The summed E-state index contributed by atoms with van der Waals surface area (Å²) in [4.78, 5) is 4.25. The molecule has 0 aliphatic carbocycles. The first kappa shape index (κ1) is 9.59. The highest BCUT2D eigenvalue weighted by Crippen LogP contribution is 2.20. The molecule has 4 nitrogen and oxygen atoms in total. The predicted molar refractivity (Wildman–Crippen MR) is 58.9 cm³/mol. The Kier molecular flexibility index (Phi) is 2.25. The fourth-order valence-electron chi connectivity index (χ4n) is 1.91. The van der Waals surface area contributed by atoms with Crippen LogP contribution in [0.3, 0.4) is 0 Å². The largest absolute Gasteiger partial charge is 0.423 e. The van der Waals surface area contributed by atoms with E-state index in [-0.39, 0.29) is 5.82 Å². The van der Waals surface area contributed by atoms with E-state index in [1.54, 1.807) is 6.07 Å². The predicted octanol–water partition coefficient (Wildman–Crippen LogP) is 1.74. The van der Waals surface area contributed by atoms with Crippen LogP contribution in [0.2, 0.25) is 0 Å². The van der Waals surface area contributed by atoms with Crippen molar-refractivity contribution in [1.82, 2.24) is 10.3 Å². The lowest BCUT2D eigenvalue weighted by Crippen LogP contribution is -2.22. The fourth-order valence-corrected chi connectivity index (χ4v) is 1.91. The van der Waals surface area contributed by atoms with Crippen molar-refractivity contribution in [2.24, 2.45) is 0 Å². The molecule has 2 heterocycles. The Morgan fingerprint density at radius 2 is 2.44 bits per heavy atom. The van der Waals surface area contributed by atoms with Gasteiger partial charge in [0.1, 0.15) is 11.3 Å². The van der Waals surface area contributed by atoms with Crippen molar-refractivity contribution in [2.45, 2.75) is 12.5 Å². The summed E-state index contributed by atoms with van der Waals surface area (Å²) in [5.41, 5.74) is 1.16. The van der Waals surface area contributed by atoms with E-state index in [2.05, 4.69) is 15.6 Å². The molecule has 1 aliphatic rings. The molecule has 0 amide bonds. The maximum atomic E-state index is 12.9. The zero-order valence-corrected chi connectivity index (χ0v) is 8.66. The number of fused-ring (bicyclic) bond motifs is 1. The Morgan fingerprint density at radius 3 is 3.25 bits per heavy atom. The Bertz CT molecular complexity index is 505. The smallest absolute Gasteiger partial charge is 0.295 e.